The van der Waals surface area contributed by atoms with Gasteiger partial charge in [-0.3, -0.25) is 4.79 Å². The third kappa shape index (κ3) is 3.73. The van der Waals surface area contributed by atoms with Crippen molar-refractivity contribution in [2.75, 3.05) is 5.73 Å². The summed E-state index contributed by atoms with van der Waals surface area (Å²) < 4.78 is 0. The molecule has 2 heterocycles. The van der Waals surface area contributed by atoms with Gasteiger partial charge in [-0.15, -0.1) is 11.3 Å². The molecule has 23 heavy (non-hydrogen) atoms. The Morgan fingerprint density at radius 2 is 1.96 bits per heavy atom. The summed E-state index contributed by atoms with van der Waals surface area (Å²) in [5.41, 5.74) is 8.59. The number of anilines is 1. The Morgan fingerprint density at radius 3 is 2.70 bits per heavy atom. The van der Waals surface area contributed by atoms with Gasteiger partial charge in [0.2, 0.25) is 5.95 Å². The molecule has 0 aliphatic heterocycles. The van der Waals surface area contributed by atoms with E-state index in [4.69, 9.17) is 5.73 Å². The van der Waals surface area contributed by atoms with E-state index >= 15 is 0 Å². The zero-order valence-corrected chi connectivity index (χ0v) is 13.4. The van der Waals surface area contributed by atoms with Crippen LogP contribution in [0.5, 0.6) is 0 Å². The summed E-state index contributed by atoms with van der Waals surface area (Å²) in [4.78, 5) is 21.8. The summed E-state index contributed by atoms with van der Waals surface area (Å²) in [5.74, 6) is 0.130. The average Bonchev–Trinajstić information content (AvgIpc) is 3.04. The summed E-state index contributed by atoms with van der Waals surface area (Å²) in [7, 11) is 0. The minimum Gasteiger partial charge on any atom is -0.368 e. The fraction of sp³-hybridized carbons (Fsp3) is 0.118. The summed E-state index contributed by atoms with van der Waals surface area (Å²) in [6.07, 6.45) is 1.61. The van der Waals surface area contributed by atoms with Gasteiger partial charge in [0, 0.05) is 12.7 Å². The van der Waals surface area contributed by atoms with E-state index in [0.29, 0.717) is 11.4 Å². The first-order valence-corrected chi connectivity index (χ1v) is 7.96. The molecule has 0 aliphatic rings. The van der Waals surface area contributed by atoms with Crippen LogP contribution in [0.1, 0.15) is 20.8 Å². The van der Waals surface area contributed by atoms with E-state index in [1.165, 1.54) is 16.9 Å². The minimum atomic E-state index is -0.0937. The Morgan fingerprint density at radius 1 is 1.17 bits per heavy atom. The van der Waals surface area contributed by atoms with Crippen molar-refractivity contribution < 1.29 is 4.79 Å². The predicted octanol–water partition coefficient (Wildman–Crippen LogP) is 3.03. The van der Waals surface area contributed by atoms with E-state index in [2.05, 4.69) is 15.3 Å². The summed E-state index contributed by atoms with van der Waals surface area (Å²) in [5, 5.41) is 2.92. The molecule has 0 bridgehead atoms. The highest BCUT2D eigenvalue weighted by molar-refractivity contribution is 7.17. The minimum absolute atomic E-state index is 0.0937. The molecule has 0 spiro atoms. The first kappa shape index (κ1) is 15.2. The zero-order chi connectivity index (χ0) is 16.2. The Balaban J connectivity index is 1.67. The number of hydrogen-bond donors (Lipinski definition) is 2. The number of carbonyl (C=O) groups is 1. The molecule has 0 unspecified atom stereocenters. The van der Waals surface area contributed by atoms with Crippen LogP contribution in [0.4, 0.5) is 5.95 Å². The van der Waals surface area contributed by atoms with Crippen LogP contribution in [0.2, 0.25) is 0 Å². The number of thiophene rings is 1. The van der Waals surface area contributed by atoms with E-state index in [1.54, 1.807) is 18.3 Å². The Kier molecular flexibility index (Phi) is 4.34. The van der Waals surface area contributed by atoms with Gasteiger partial charge in [-0.25, -0.2) is 9.97 Å². The van der Waals surface area contributed by atoms with Gasteiger partial charge >= 0.3 is 0 Å². The van der Waals surface area contributed by atoms with Crippen molar-refractivity contribution in [3.63, 3.8) is 0 Å². The number of hydrogen-bond acceptors (Lipinski definition) is 5. The fourth-order valence-corrected chi connectivity index (χ4v) is 2.98. The van der Waals surface area contributed by atoms with Crippen molar-refractivity contribution in [2.24, 2.45) is 0 Å². The van der Waals surface area contributed by atoms with Crippen LogP contribution in [0.3, 0.4) is 0 Å². The number of nitrogens with zero attached hydrogens (tertiary/aromatic N) is 2. The van der Waals surface area contributed by atoms with E-state index in [9.17, 15) is 4.79 Å². The average molecular weight is 324 g/mol. The molecule has 1 amide bonds. The van der Waals surface area contributed by atoms with Crippen molar-refractivity contribution in [2.45, 2.75) is 13.5 Å². The molecule has 0 saturated carbocycles. The lowest BCUT2D eigenvalue weighted by molar-refractivity contribution is 0.0955. The van der Waals surface area contributed by atoms with Crippen molar-refractivity contribution in [1.29, 1.82) is 0 Å². The van der Waals surface area contributed by atoms with Gasteiger partial charge < -0.3 is 11.1 Å². The molecule has 3 N–H and O–H groups in total. The Hall–Kier alpha value is -2.73. The fourth-order valence-electron chi connectivity index (χ4n) is 2.08. The second-order valence-electron chi connectivity index (χ2n) is 5.13. The van der Waals surface area contributed by atoms with Crippen molar-refractivity contribution >= 4 is 23.2 Å². The maximum absolute atomic E-state index is 12.2. The van der Waals surface area contributed by atoms with Crippen molar-refractivity contribution in [3.05, 3.63) is 64.7 Å². The maximum atomic E-state index is 12.2. The maximum Gasteiger partial charge on any atom is 0.261 e. The Labute approximate surface area is 138 Å². The van der Waals surface area contributed by atoms with Gasteiger partial charge in [0.25, 0.3) is 5.91 Å². The molecule has 5 nitrogen and oxygen atoms in total. The lowest BCUT2D eigenvalue weighted by Gasteiger charge is -2.04. The summed E-state index contributed by atoms with van der Waals surface area (Å²) in [6, 6.07) is 13.5. The molecule has 1 aromatic carbocycles. The number of rotatable bonds is 4. The monoisotopic (exact) mass is 324 g/mol. The van der Waals surface area contributed by atoms with Crippen molar-refractivity contribution in [1.82, 2.24) is 15.3 Å². The third-order valence-corrected chi connectivity index (χ3v) is 4.44. The zero-order valence-electron chi connectivity index (χ0n) is 12.6. The van der Waals surface area contributed by atoms with Crippen LogP contribution >= 0.6 is 11.3 Å². The van der Waals surface area contributed by atoms with Gasteiger partial charge in [-0.05, 0) is 30.7 Å². The highest BCUT2D eigenvalue weighted by Crippen LogP contribution is 2.26. The van der Waals surface area contributed by atoms with Crippen LogP contribution in [-0.2, 0) is 6.54 Å². The molecule has 2 aromatic heterocycles. The van der Waals surface area contributed by atoms with Gasteiger partial charge in [0.1, 0.15) is 0 Å². The second-order valence-corrected chi connectivity index (χ2v) is 6.22. The molecule has 0 radical (unpaired) electrons. The number of aromatic nitrogens is 2. The van der Waals surface area contributed by atoms with Crippen molar-refractivity contribution in [3.8, 4) is 10.6 Å². The lowest BCUT2D eigenvalue weighted by atomic mass is 10.1. The first-order chi connectivity index (χ1) is 11.1. The van der Waals surface area contributed by atoms with E-state index in [1.807, 2.05) is 37.3 Å². The van der Waals surface area contributed by atoms with Gasteiger partial charge in [-0.1, -0.05) is 29.8 Å². The molecule has 6 heteroatoms. The summed E-state index contributed by atoms with van der Waals surface area (Å²) >= 11 is 1.38. The molecule has 0 saturated heterocycles. The number of nitrogen functional groups attached to an aromatic ring is 1. The van der Waals surface area contributed by atoms with E-state index in [0.717, 1.165) is 16.1 Å². The lowest BCUT2D eigenvalue weighted by Crippen LogP contribution is -2.21. The van der Waals surface area contributed by atoms with Crippen LogP contribution < -0.4 is 11.1 Å². The molecular formula is C17H16N4OS. The number of nitrogens with two attached hydrogens (primary N) is 1. The predicted molar refractivity (Wildman–Crippen MR) is 92.1 cm³/mol. The highest BCUT2D eigenvalue weighted by atomic mass is 32.1. The van der Waals surface area contributed by atoms with E-state index < -0.39 is 0 Å². The standard InChI is InChI=1S/C17H16N4OS/c1-11-2-4-12(5-3-11)10-20-16(22)15-7-6-14(23-15)13-8-9-19-17(18)21-13/h2-9H,10H2,1H3,(H,20,22)(H2,18,19,21). The number of benzene rings is 1. The van der Waals surface area contributed by atoms with E-state index in [-0.39, 0.29) is 11.9 Å². The second kappa shape index (κ2) is 6.58. The molecule has 116 valence electrons. The van der Waals surface area contributed by atoms with Crippen LogP contribution in [0, 0.1) is 6.92 Å². The molecule has 3 aromatic rings. The smallest absolute Gasteiger partial charge is 0.261 e. The number of nitrogens with one attached hydrogen (secondary N) is 1. The van der Waals surface area contributed by atoms with Gasteiger partial charge in [0.15, 0.2) is 0 Å². The first-order valence-electron chi connectivity index (χ1n) is 7.14. The third-order valence-electron chi connectivity index (χ3n) is 3.33. The summed E-state index contributed by atoms with van der Waals surface area (Å²) in [6.45, 7) is 2.54. The van der Waals surface area contributed by atoms with Gasteiger partial charge in [-0.2, -0.15) is 0 Å². The molecule has 0 fully saturated rings. The largest absolute Gasteiger partial charge is 0.368 e. The van der Waals surface area contributed by atoms with Gasteiger partial charge in [0.05, 0.1) is 15.4 Å². The van der Waals surface area contributed by atoms with Crippen LogP contribution in [0.15, 0.2) is 48.7 Å². The molecule has 0 aliphatic carbocycles. The SMILES string of the molecule is Cc1ccc(CNC(=O)c2ccc(-c3ccnc(N)n3)s2)cc1. The number of aryl methyl sites for hydroxylation is 1. The quantitative estimate of drug-likeness (QED) is 0.773. The number of amides is 1. The van der Waals surface area contributed by atoms with Crippen LogP contribution in [-0.4, -0.2) is 15.9 Å². The molecular weight excluding hydrogens is 308 g/mol. The highest BCUT2D eigenvalue weighted by Gasteiger charge is 2.11. The molecule has 0 atom stereocenters. The normalized spacial score (nSPS) is 10.5. The molecule has 3 rings (SSSR count). The topological polar surface area (TPSA) is 80.9 Å². The number of carbonyl (C=O) groups excluding carboxylic acids is 1. The van der Waals surface area contributed by atoms with Crippen LogP contribution in [0.25, 0.3) is 10.6 Å². The Bertz CT molecular complexity index is 827.